The first-order valence-electron chi connectivity index (χ1n) is 6.98. The molecule has 0 fully saturated rings. The lowest BCUT2D eigenvalue weighted by molar-refractivity contribution is -0.119. The Labute approximate surface area is 116 Å². The van der Waals surface area contributed by atoms with Gasteiger partial charge in [0.25, 0.3) is 0 Å². The van der Waals surface area contributed by atoms with Crippen molar-refractivity contribution in [1.82, 2.24) is 4.98 Å². The molecule has 19 heavy (non-hydrogen) atoms. The number of aromatic nitrogens is 1. The molecule has 1 rings (SSSR count). The summed E-state index contributed by atoms with van der Waals surface area (Å²) in [5.41, 5.74) is 6.67. The van der Waals surface area contributed by atoms with E-state index in [1.54, 1.807) is 17.3 Å². The highest BCUT2D eigenvalue weighted by atomic mass is 16.2. The quantitative estimate of drug-likeness (QED) is 0.822. The van der Waals surface area contributed by atoms with E-state index >= 15 is 0 Å². The largest absolute Gasteiger partial charge is 0.330 e. The second kappa shape index (κ2) is 7.89. The highest BCUT2D eigenvalue weighted by molar-refractivity contribution is 5.93. The van der Waals surface area contributed by atoms with Gasteiger partial charge in [0.2, 0.25) is 5.91 Å². The predicted octanol–water partition coefficient (Wildman–Crippen LogP) is 2.45. The van der Waals surface area contributed by atoms with Crippen molar-refractivity contribution in [2.45, 2.75) is 33.6 Å². The maximum absolute atomic E-state index is 12.4. The van der Waals surface area contributed by atoms with Gasteiger partial charge >= 0.3 is 0 Å². The Morgan fingerprint density at radius 1 is 1.37 bits per heavy atom. The zero-order chi connectivity index (χ0) is 14.3. The lowest BCUT2D eigenvalue weighted by atomic mass is 9.93. The molecule has 4 nitrogen and oxygen atoms in total. The van der Waals surface area contributed by atoms with Crippen molar-refractivity contribution in [2.75, 3.05) is 18.0 Å². The molecule has 2 N–H and O–H groups in total. The second-order valence-electron chi connectivity index (χ2n) is 5.28. The van der Waals surface area contributed by atoms with Gasteiger partial charge in [-0.15, -0.1) is 0 Å². The van der Waals surface area contributed by atoms with Crippen LogP contribution in [0.1, 0.15) is 33.6 Å². The highest BCUT2D eigenvalue weighted by Gasteiger charge is 2.19. The van der Waals surface area contributed by atoms with Gasteiger partial charge in [-0.25, -0.2) is 0 Å². The molecular formula is C15H25N3O. The number of pyridine rings is 1. The zero-order valence-electron chi connectivity index (χ0n) is 12.2. The maximum atomic E-state index is 12.4. The molecule has 0 aliphatic rings. The van der Waals surface area contributed by atoms with Crippen LogP contribution in [0.5, 0.6) is 0 Å². The van der Waals surface area contributed by atoms with E-state index in [0.717, 1.165) is 12.1 Å². The lowest BCUT2D eigenvalue weighted by Crippen LogP contribution is -2.33. The van der Waals surface area contributed by atoms with Gasteiger partial charge in [0.15, 0.2) is 0 Å². The van der Waals surface area contributed by atoms with Gasteiger partial charge in [0, 0.05) is 31.0 Å². The van der Waals surface area contributed by atoms with Gasteiger partial charge in [0.1, 0.15) is 0 Å². The molecule has 0 saturated heterocycles. The predicted molar refractivity (Wildman–Crippen MR) is 78.9 cm³/mol. The molecule has 1 atom stereocenters. The summed E-state index contributed by atoms with van der Waals surface area (Å²) in [5.74, 6) is 0.977. The third-order valence-corrected chi connectivity index (χ3v) is 3.19. The molecule has 1 aromatic rings. The van der Waals surface area contributed by atoms with Crippen molar-refractivity contribution in [3.63, 3.8) is 0 Å². The number of rotatable bonds is 7. The van der Waals surface area contributed by atoms with Gasteiger partial charge in [-0.1, -0.05) is 13.8 Å². The van der Waals surface area contributed by atoms with E-state index in [4.69, 9.17) is 5.73 Å². The molecular weight excluding hydrogens is 238 g/mol. The van der Waals surface area contributed by atoms with Crippen LogP contribution in [0.2, 0.25) is 0 Å². The Bertz CT molecular complexity index is 378. The van der Waals surface area contributed by atoms with E-state index < -0.39 is 0 Å². The van der Waals surface area contributed by atoms with Gasteiger partial charge in [-0.2, -0.15) is 0 Å². The maximum Gasteiger partial charge on any atom is 0.227 e. The van der Waals surface area contributed by atoms with E-state index in [1.807, 2.05) is 19.1 Å². The molecule has 0 radical (unpaired) electrons. The summed E-state index contributed by atoms with van der Waals surface area (Å²) in [6.07, 6.45) is 4.93. The van der Waals surface area contributed by atoms with Crippen LogP contribution >= 0.6 is 0 Å². The first-order valence-corrected chi connectivity index (χ1v) is 6.98. The normalized spacial score (nSPS) is 12.5. The Kier molecular flexibility index (Phi) is 6.50. The van der Waals surface area contributed by atoms with Crippen molar-refractivity contribution in [1.29, 1.82) is 0 Å². The van der Waals surface area contributed by atoms with E-state index in [2.05, 4.69) is 18.8 Å². The monoisotopic (exact) mass is 263 g/mol. The summed E-state index contributed by atoms with van der Waals surface area (Å²) in [6.45, 7) is 7.54. The van der Waals surface area contributed by atoms with E-state index in [9.17, 15) is 4.79 Å². The van der Waals surface area contributed by atoms with E-state index in [1.165, 1.54) is 0 Å². The number of hydrogen-bond acceptors (Lipinski definition) is 3. The Hall–Kier alpha value is -1.42. The molecule has 0 unspecified atom stereocenters. The SMILES string of the molecule is CCN(C(=O)C[C@@H](CN)CC(C)C)c1ccncc1. The van der Waals surface area contributed by atoms with Gasteiger partial charge < -0.3 is 10.6 Å². The number of anilines is 1. The molecule has 0 bridgehead atoms. The van der Waals surface area contributed by atoms with Crippen LogP contribution in [-0.4, -0.2) is 24.0 Å². The number of carbonyl (C=O) groups excluding carboxylic acids is 1. The minimum Gasteiger partial charge on any atom is -0.330 e. The number of hydrogen-bond donors (Lipinski definition) is 1. The van der Waals surface area contributed by atoms with Crippen LogP contribution in [0.15, 0.2) is 24.5 Å². The molecule has 0 saturated carbocycles. The average molecular weight is 263 g/mol. The van der Waals surface area contributed by atoms with Crippen molar-refractivity contribution in [3.8, 4) is 0 Å². The third kappa shape index (κ3) is 4.99. The van der Waals surface area contributed by atoms with Crippen molar-refractivity contribution in [3.05, 3.63) is 24.5 Å². The standard InChI is InChI=1S/C15H25N3O/c1-4-18(14-5-7-17-8-6-14)15(19)10-13(11-16)9-12(2)3/h5-8,12-13H,4,9-11,16H2,1-3H3/t13-/m0/s1. The van der Waals surface area contributed by atoms with Crippen LogP contribution in [-0.2, 0) is 4.79 Å². The van der Waals surface area contributed by atoms with Crippen molar-refractivity contribution in [2.24, 2.45) is 17.6 Å². The summed E-state index contributed by atoms with van der Waals surface area (Å²) in [7, 11) is 0. The summed E-state index contributed by atoms with van der Waals surface area (Å²) in [4.78, 5) is 18.2. The second-order valence-corrected chi connectivity index (χ2v) is 5.28. The number of amides is 1. The molecule has 4 heteroatoms. The molecule has 1 aromatic heterocycles. The molecule has 1 amide bonds. The smallest absolute Gasteiger partial charge is 0.227 e. The van der Waals surface area contributed by atoms with Crippen LogP contribution in [0.3, 0.4) is 0 Å². The Morgan fingerprint density at radius 2 is 2.00 bits per heavy atom. The van der Waals surface area contributed by atoms with Crippen molar-refractivity contribution < 1.29 is 4.79 Å². The topological polar surface area (TPSA) is 59.2 Å². The summed E-state index contributed by atoms with van der Waals surface area (Å²) >= 11 is 0. The lowest BCUT2D eigenvalue weighted by Gasteiger charge is -2.24. The van der Waals surface area contributed by atoms with Crippen LogP contribution in [0.25, 0.3) is 0 Å². The number of carbonyl (C=O) groups is 1. The summed E-state index contributed by atoms with van der Waals surface area (Å²) in [5, 5.41) is 0. The molecule has 106 valence electrons. The molecule has 0 aliphatic heterocycles. The molecule has 0 spiro atoms. The average Bonchev–Trinajstić information content (AvgIpc) is 2.39. The van der Waals surface area contributed by atoms with Gasteiger partial charge in [0.05, 0.1) is 0 Å². The summed E-state index contributed by atoms with van der Waals surface area (Å²) in [6, 6.07) is 3.72. The highest BCUT2D eigenvalue weighted by Crippen LogP contribution is 2.19. The zero-order valence-corrected chi connectivity index (χ0v) is 12.2. The molecule has 0 aromatic carbocycles. The first-order chi connectivity index (χ1) is 9.08. The number of nitrogens with two attached hydrogens (primary N) is 1. The minimum absolute atomic E-state index is 0.143. The van der Waals surface area contributed by atoms with Gasteiger partial charge in [-0.05, 0) is 43.9 Å². The van der Waals surface area contributed by atoms with E-state index in [-0.39, 0.29) is 11.8 Å². The van der Waals surface area contributed by atoms with Crippen LogP contribution in [0, 0.1) is 11.8 Å². The van der Waals surface area contributed by atoms with Crippen molar-refractivity contribution >= 4 is 11.6 Å². The summed E-state index contributed by atoms with van der Waals surface area (Å²) < 4.78 is 0. The van der Waals surface area contributed by atoms with Gasteiger partial charge in [-0.3, -0.25) is 9.78 Å². The van der Waals surface area contributed by atoms with Crippen LogP contribution in [0.4, 0.5) is 5.69 Å². The van der Waals surface area contributed by atoms with E-state index in [0.29, 0.717) is 25.4 Å². The number of nitrogens with zero attached hydrogens (tertiary/aromatic N) is 2. The fourth-order valence-electron chi connectivity index (χ4n) is 2.31. The first kappa shape index (κ1) is 15.6. The molecule has 1 heterocycles. The Balaban J connectivity index is 2.69. The molecule has 0 aliphatic carbocycles. The fraction of sp³-hybridized carbons (Fsp3) is 0.600. The third-order valence-electron chi connectivity index (χ3n) is 3.19. The van der Waals surface area contributed by atoms with Crippen LogP contribution < -0.4 is 10.6 Å². The fourth-order valence-corrected chi connectivity index (χ4v) is 2.31. The Morgan fingerprint density at radius 3 is 2.47 bits per heavy atom. The minimum atomic E-state index is 0.143.